The Hall–Kier alpha value is -3.44. The van der Waals surface area contributed by atoms with E-state index in [4.69, 9.17) is 22.3 Å². The van der Waals surface area contributed by atoms with E-state index in [0.717, 1.165) is 67.7 Å². The van der Waals surface area contributed by atoms with Gasteiger partial charge in [-0.2, -0.15) is 0 Å². The van der Waals surface area contributed by atoms with E-state index in [9.17, 15) is 0 Å². The number of fused-ring (bicyclic) bond motifs is 1. The van der Waals surface area contributed by atoms with E-state index in [1.807, 2.05) is 59.1 Å². The van der Waals surface area contributed by atoms with Gasteiger partial charge in [-0.1, -0.05) is 48.0 Å². The van der Waals surface area contributed by atoms with Gasteiger partial charge in [-0.25, -0.2) is 4.98 Å². The molecular formula is C30H34ClN5. The molecule has 0 amide bonds. The number of rotatable bonds is 6. The number of pyridine rings is 1. The number of allylic oxidation sites excluding steroid dienone is 2. The molecule has 0 saturated heterocycles. The zero-order chi connectivity index (χ0) is 26.2. The first-order valence-electron chi connectivity index (χ1n) is 12.1. The van der Waals surface area contributed by atoms with Crippen molar-refractivity contribution in [3.05, 3.63) is 105 Å². The standard InChI is InChI=1S/C30H34ClN5/c1-18-26(15-22-11-9-8-10-12-22)35-25-14-13-23(16-24(25)29(18)31)30(5,27-17-34-21(4)36(27)7)28(19(2)32)20(3)33-6/h8-14,16-17H,15,32H2,1-7H3. The lowest BCUT2D eigenvalue weighted by molar-refractivity contribution is 0.619. The lowest BCUT2D eigenvalue weighted by atomic mass is 9.70. The molecule has 2 aromatic carbocycles. The number of aliphatic imine (C=N–C) groups is 1. The van der Waals surface area contributed by atoms with Gasteiger partial charge in [0.1, 0.15) is 5.82 Å². The smallest absolute Gasteiger partial charge is 0.105 e. The Balaban J connectivity index is 1.96. The Bertz CT molecular complexity index is 1490. The summed E-state index contributed by atoms with van der Waals surface area (Å²) in [6.07, 6.45) is 2.67. The van der Waals surface area contributed by atoms with Crippen LogP contribution >= 0.6 is 11.6 Å². The molecule has 0 aliphatic rings. The highest BCUT2D eigenvalue weighted by molar-refractivity contribution is 6.36. The van der Waals surface area contributed by atoms with Crippen LogP contribution in [0.4, 0.5) is 0 Å². The summed E-state index contributed by atoms with van der Waals surface area (Å²) >= 11 is 7.01. The van der Waals surface area contributed by atoms with Gasteiger partial charge in [0, 0.05) is 54.8 Å². The van der Waals surface area contributed by atoms with Crippen molar-refractivity contribution in [1.82, 2.24) is 14.5 Å². The second kappa shape index (κ2) is 9.90. The fourth-order valence-corrected chi connectivity index (χ4v) is 5.44. The van der Waals surface area contributed by atoms with Crippen LogP contribution in [0, 0.1) is 13.8 Å². The molecule has 0 spiro atoms. The van der Waals surface area contributed by atoms with Crippen LogP contribution in [0.5, 0.6) is 0 Å². The summed E-state index contributed by atoms with van der Waals surface area (Å²) in [6.45, 7) is 10.2. The lowest BCUT2D eigenvalue weighted by Gasteiger charge is -2.35. The number of aryl methyl sites for hydroxylation is 1. The predicted octanol–water partition coefficient (Wildman–Crippen LogP) is 6.46. The molecule has 2 N–H and O–H groups in total. The van der Waals surface area contributed by atoms with E-state index in [0.29, 0.717) is 0 Å². The maximum absolute atomic E-state index is 7.01. The van der Waals surface area contributed by atoms with E-state index in [1.165, 1.54) is 5.56 Å². The fraction of sp³-hybridized carbons (Fsp3) is 0.300. The number of hydrogen-bond acceptors (Lipinski definition) is 4. The molecule has 0 fully saturated rings. The highest BCUT2D eigenvalue weighted by Gasteiger charge is 2.39. The second-order valence-corrected chi connectivity index (χ2v) is 10.0. The van der Waals surface area contributed by atoms with Gasteiger partial charge >= 0.3 is 0 Å². The second-order valence-electron chi connectivity index (χ2n) is 9.63. The Morgan fingerprint density at radius 1 is 1.11 bits per heavy atom. The maximum Gasteiger partial charge on any atom is 0.105 e. The topological polar surface area (TPSA) is 69.1 Å². The van der Waals surface area contributed by atoms with E-state index in [1.54, 1.807) is 7.05 Å². The number of benzene rings is 2. The third kappa shape index (κ3) is 4.33. The minimum absolute atomic E-state index is 0.605. The molecule has 4 aromatic rings. The van der Waals surface area contributed by atoms with Crippen molar-refractivity contribution >= 4 is 28.2 Å². The average molecular weight is 500 g/mol. The molecule has 0 aliphatic heterocycles. The molecule has 1 atom stereocenters. The van der Waals surface area contributed by atoms with Crippen molar-refractivity contribution in [2.24, 2.45) is 17.8 Å². The third-order valence-corrected chi connectivity index (χ3v) is 7.85. The predicted molar refractivity (Wildman–Crippen MR) is 151 cm³/mol. The normalized spacial score (nSPS) is 14.6. The van der Waals surface area contributed by atoms with E-state index >= 15 is 0 Å². The van der Waals surface area contributed by atoms with Gasteiger partial charge in [-0.3, -0.25) is 9.98 Å². The monoisotopic (exact) mass is 499 g/mol. The van der Waals surface area contributed by atoms with Crippen LogP contribution in [0.1, 0.15) is 54.7 Å². The van der Waals surface area contributed by atoms with Crippen molar-refractivity contribution in [3.63, 3.8) is 0 Å². The molecule has 1 unspecified atom stereocenters. The van der Waals surface area contributed by atoms with Crippen LogP contribution in [0.3, 0.4) is 0 Å². The van der Waals surface area contributed by atoms with Crippen LogP contribution in [0.2, 0.25) is 5.02 Å². The summed E-state index contributed by atoms with van der Waals surface area (Å²) in [5, 5.41) is 1.65. The van der Waals surface area contributed by atoms with E-state index < -0.39 is 5.41 Å². The molecule has 4 rings (SSSR count). The number of imidazole rings is 1. The van der Waals surface area contributed by atoms with Crippen LogP contribution in [0.15, 0.2) is 71.0 Å². The van der Waals surface area contributed by atoms with Gasteiger partial charge in [-0.05, 0) is 63.4 Å². The van der Waals surface area contributed by atoms with Crippen molar-refractivity contribution in [3.8, 4) is 0 Å². The van der Waals surface area contributed by atoms with E-state index in [2.05, 4.69) is 51.8 Å². The minimum Gasteiger partial charge on any atom is -0.402 e. The summed E-state index contributed by atoms with van der Waals surface area (Å²) in [4.78, 5) is 14.1. The zero-order valence-electron chi connectivity index (χ0n) is 22.1. The quantitative estimate of drug-likeness (QED) is 0.309. The van der Waals surface area contributed by atoms with Crippen molar-refractivity contribution in [1.29, 1.82) is 0 Å². The zero-order valence-corrected chi connectivity index (χ0v) is 22.9. The van der Waals surface area contributed by atoms with Crippen LogP contribution in [0.25, 0.3) is 10.9 Å². The minimum atomic E-state index is -0.605. The largest absolute Gasteiger partial charge is 0.402 e. The Morgan fingerprint density at radius 3 is 2.39 bits per heavy atom. The molecule has 36 heavy (non-hydrogen) atoms. The van der Waals surface area contributed by atoms with Gasteiger partial charge < -0.3 is 10.3 Å². The number of nitrogens with two attached hydrogens (primary N) is 1. The van der Waals surface area contributed by atoms with Gasteiger partial charge in [0.2, 0.25) is 0 Å². The Kier molecular flexibility index (Phi) is 7.05. The average Bonchev–Trinajstić information content (AvgIpc) is 3.20. The number of nitrogens with zero attached hydrogens (tertiary/aromatic N) is 4. The SMILES string of the molecule is CN=C(C)C(=C(C)N)C(C)(c1ccc2nc(Cc3ccccc3)c(C)c(Cl)c2c1)c1cnc(C)n1C. The van der Waals surface area contributed by atoms with Crippen LogP contribution in [-0.4, -0.2) is 27.3 Å². The van der Waals surface area contributed by atoms with Crippen molar-refractivity contribution < 1.29 is 0 Å². The summed E-state index contributed by atoms with van der Waals surface area (Å²) in [5.41, 5.74) is 14.6. The first kappa shape index (κ1) is 25.6. The molecule has 186 valence electrons. The molecule has 0 aliphatic carbocycles. The molecule has 0 bridgehead atoms. The summed E-state index contributed by atoms with van der Waals surface area (Å²) in [5.74, 6) is 0.929. The summed E-state index contributed by atoms with van der Waals surface area (Å²) < 4.78 is 2.12. The molecule has 0 saturated carbocycles. The molecule has 2 heterocycles. The molecule has 5 nitrogen and oxygen atoms in total. The molecule has 2 aromatic heterocycles. The highest BCUT2D eigenvalue weighted by Crippen LogP contribution is 2.42. The number of hydrogen-bond donors (Lipinski definition) is 1. The van der Waals surface area contributed by atoms with Gasteiger partial charge in [0.15, 0.2) is 0 Å². The highest BCUT2D eigenvalue weighted by atomic mass is 35.5. The van der Waals surface area contributed by atoms with Crippen LogP contribution < -0.4 is 5.73 Å². The first-order valence-corrected chi connectivity index (χ1v) is 12.5. The third-order valence-electron chi connectivity index (χ3n) is 7.37. The Labute approximate surface area is 218 Å². The fourth-order valence-electron chi connectivity index (χ4n) is 5.18. The first-order chi connectivity index (χ1) is 17.1. The van der Waals surface area contributed by atoms with Crippen LogP contribution in [-0.2, 0) is 18.9 Å². The number of halogens is 1. The van der Waals surface area contributed by atoms with Gasteiger partial charge in [0.25, 0.3) is 0 Å². The molecule has 0 radical (unpaired) electrons. The lowest BCUT2D eigenvalue weighted by Crippen LogP contribution is -2.34. The van der Waals surface area contributed by atoms with E-state index in [-0.39, 0.29) is 0 Å². The van der Waals surface area contributed by atoms with Gasteiger partial charge in [-0.15, -0.1) is 0 Å². The van der Waals surface area contributed by atoms with Gasteiger partial charge in [0.05, 0.1) is 21.6 Å². The molecule has 6 heteroatoms. The summed E-state index contributed by atoms with van der Waals surface area (Å²) in [6, 6.07) is 16.7. The Morgan fingerprint density at radius 2 is 1.81 bits per heavy atom. The number of aromatic nitrogens is 3. The summed E-state index contributed by atoms with van der Waals surface area (Å²) in [7, 11) is 3.83. The van der Waals surface area contributed by atoms with Crippen molar-refractivity contribution in [2.45, 2.75) is 46.5 Å². The molecular weight excluding hydrogens is 466 g/mol. The maximum atomic E-state index is 7.01. The van der Waals surface area contributed by atoms with Crippen molar-refractivity contribution in [2.75, 3.05) is 7.05 Å².